The van der Waals surface area contributed by atoms with Gasteiger partial charge in [-0.25, -0.2) is 8.42 Å². The van der Waals surface area contributed by atoms with Crippen LogP contribution in [0.15, 0.2) is 29.2 Å². The lowest BCUT2D eigenvalue weighted by molar-refractivity contribution is 0.199. The Balaban J connectivity index is 2.26. The molecule has 106 valence electrons. The largest absolute Gasteiger partial charge is 0.389 e. The van der Waals surface area contributed by atoms with Crippen LogP contribution in [0.5, 0.6) is 0 Å². The van der Waals surface area contributed by atoms with E-state index in [4.69, 9.17) is 0 Å². The molecule has 1 heterocycles. The number of nitrogens with zero attached hydrogens (tertiary/aromatic N) is 1. The molecule has 0 aromatic heterocycles. The maximum absolute atomic E-state index is 12.5. The van der Waals surface area contributed by atoms with Crippen LogP contribution in [0.1, 0.15) is 38.4 Å². The van der Waals surface area contributed by atoms with Crippen LogP contribution in [-0.4, -0.2) is 30.9 Å². The molecule has 1 aliphatic rings. The Morgan fingerprint density at radius 2 is 1.95 bits per heavy atom. The van der Waals surface area contributed by atoms with Crippen LogP contribution >= 0.6 is 0 Å². The molecule has 0 aliphatic carbocycles. The summed E-state index contributed by atoms with van der Waals surface area (Å²) < 4.78 is 26.6. The Morgan fingerprint density at radius 3 is 2.53 bits per heavy atom. The first kappa shape index (κ1) is 14.5. The average molecular weight is 283 g/mol. The quantitative estimate of drug-likeness (QED) is 0.925. The predicted octanol–water partition coefficient (Wildman–Crippen LogP) is 2.16. The van der Waals surface area contributed by atoms with Crippen LogP contribution in [0.3, 0.4) is 0 Å². The van der Waals surface area contributed by atoms with Gasteiger partial charge in [-0.2, -0.15) is 4.31 Å². The Morgan fingerprint density at radius 1 is 1.32 bits per heavy atom. The highest BCUT2D eigenvalue weighted by atomic mass is 32.2. The molecule has 5 heteroatoms. The van der Waals surface area contributed by atoms with Crippen molar-refractivity contribution >= 4 is 10.0 Å². The van der Waals surface area contributed by atoms with E-state index >= 15 is 0 Å². The van der Waals surface area contributed by atoms with Gasteiger partial charge in [0.25, 0.3) is 0 Å². The molecule has 1 fully saturated rings. The van der Waals surface area contributed by atoms with E-state index in [9.17, 15) is 13.5 Å². The summed E-state index contributed by atoms with van der Waals surface area (Å²) in [7, 11) is -3.42. The zero-order chi connectivity index (χ0) is 14.0. The highest BCUT2D eigenvalue weighted by molar-refractivity contribution is 7.89. The second kappa shape index (κ2) is 5.61. The third-order valence-electron chi connectivity index (χ3n) is 3.72. The molecular formula is C14H21NO3S. The van der Waals surface area contributed by atoms with E-state index in [1.165, 1.54) is 0 Å². The summed E-state index contributed by atoms with van der Waals surface area (Å²) in [4.78, 5) is 0.278. The van der Waals surface area contributed by atoms with Crippen molar-refractivity contribution < 1.29 is 13.5 Å². The third-order valence-corrected chi connectivity index (χ3v) is 5.62. The van der Waals surface area contributed by atoms with Gasteiger partial charge in [0.05, 0.1) is 11.0 Å². The Hall–Kier alpha value is -0.910. The van der Waals surface area contributed by atoms with Crippen LogP contribution in [0.2, 0.25) is 0 Å². The molecule has 0 bridgehead atoms. The molecule has 0 amide bonds. The van der Waals surface area contributed by atoms with E-state index < -0.39 is 16.1 Å². The van der Waals surface area contributed by atoms with Gasteiger partial charge in [-0.3, -0.25) is 0 Å². The van der Waals surface area contributed by atoms with E-state index in [0.29, 0.717) is 24.6 Å². The van der Waals surface area contributed by atoms with E-state index in [1.54, 1.807) is 35.5 Å². The van der Waals surface area contributed by atoms with Gasteiger partial charge in [-0.15, -0.1) is 0 Å². The van der Waals surface area contributed by atoms with Crippen LogP contribution < -0.4 is 0 Å². The fourth-order valence-corrected chi connectivity index (χ4v) is 3.83. The van der Waals surface area contributed by atoms with Crippen LogP contribution in [0.25, 0.3) is 0 Å². The third kappa shape index (κ3) is 3.16. The monoisotopic (exact) mass is 283 g/mol. The second-order valence-corrected chi connectivity index (χ2v) is 7.27. The predicted molar refractivity (Wildman–Crippen MR) is 74.2 cm³/mol. The van der Waals surface area contributed by atoms with Gasteiger partial charge in [0.2, 0.25) is 10.0 Å². The van der Waals surface area contributed by atoms with Crippen molar-refractivity contribution in [2.75, 3.05) is 13.1 Å². The van der Waals surface area contributed by atoms with Crippen molar-refractivity contribution in [3.05, 3.63) is 29.8 Å². The lowest BCUT2D eigenvalue weighted by Gasteiger charge is -2.29. The first-order valence-corrected chi connectivity index (χ1v) is 8.13. The minimum Gasteiger partial charge on any atom is -0.389 e. The number of hydrogen-bond acceptors (Lipinski definition) is 3. The van der Waals surface area contributed by atoms with Crippen molar-refractivity contribution in [1.82, 2.24) is 4.31 Å². The number of benzene rings is 1. The van der Waals surface area contributed by atoms with Crippen molar-refractivity contribution in [1.29, 1.82) is 0 Å². The summed E-state index contributed by atoms with van der Waals surface area (Å²) in [5.41, 5.74) is 0.631. The standard InChI is InChI=1S/C14H21NO3S/c1-11-6-8-15(9-7-11)19(17,18)14-5-3-4-13(10-14)12(2)16/h3-5,10-12,16H,6-9H2,1-2H3. The number of rotatable bonds is 3. The topological polar surface area (TPSA) is 57.6 Å². The molecule has 0 spiro atoms. The summed E-state index contributed by atoms with van der Waals surface area (Å²) in [5.74, 6) is 0.593. The summed E-state index contributed by atoms with van der Waals surface area (Å²) in [5, 5.41) is 9.55. The summed E-state index contributed by atoms with van der Waals surface area (Å²) in [6.45, 7) is 4.96. The van der Waals surface area contributed by atoms with Crippen molar-refractivity contribution in [2.24, 2.45) is 5.92 Å². The van der Waals surface area contributed by atoms with Crippen molar-refractivity contribution in [2.45, 2.75) is 37.7 Å². The minimum atomic E-state index is -3.42. The van der Waals surface area contributed by atoms with Crippen LogP contribution in [0.4, 0.5) is 0 Å². The van der Waals surface area contributed by atoms with Crippen molar-refractivity contribution in [3.8, 4) is 0 Å². The molecule has 1 atom stereocenters. The molecule has 1 aliphatic heterocycles. The molecule has 1 aromatic rings. The summed E-state index contributed by atoms with van der Waals surface area (Å²) in [6, 6.07) is 6.58. The minimum absolute atomic E-state index is 0.278. The lowest BCUT2D eigenvalue weighted by atomic mass is 10.0. The SMILES string of the molecule is CC1CCN(S(=O)(=O)c2cccc(C(C)O)c2)CC1. The first-order chi connectivity index (χ1) is 8.91. The Bertz CT molecular complexity index is 531. The smallest absolute Gasteiger partial charge is 0.243 e. The van der Waals surface area contributed by atoms with Crippen molar-refractivity contribution in [3.63, 3.8) is 0 Å². The van der Waals surface area contributed by atoms with Gasteiger partial charge >= 0.3 is 0 Å². The van der Waals surface area contributed by atoms with Crippen LogP contribution in [0, 0.1) is 5.92 Å². The maximum Gasteiger partial charge on any atom is 0.243 e. The lowest BCUT2D eigenvalue weighted by Crippen LogP contribution is -2.37. The highest BCUT2D eigenvalue weighted by Gasteiger charge is 2.28. The van der Waals surface area contributed by atoms with E-state index in [1.807, 2.05) is 0 Å². The van der Waals surface area contributed by atoms with Gasteiger partial charge in [0.15, 0.2) is 0 Å². The first-order valence-electron chi connectivity index (χ1n) is 6.69. The number of sulfonamides is 1. The van der Waals surface area contributed by atoms with Gasteiger partial charge in [-0.05, 0) is 43.4 Å². The van der Waals surface area contributed by atoms with Gasteiger partial charge in [0.1, 0.15) is 0 Å². The fourth-order valence-electron chi connectivity index (χ4n) is 2.31. The molecule has 1 saturated heterocycles. The molecule has 2 rings (SSSR count). The molecule has 4 nitrogen and oxygen atoms in total. The molecule has 1 unspecified atom stereocenters. The molecule has 19 heavy (non-hydrogen) atoms. The van der Waals surface area contributed by atoms with Crippen LogP contribution in [-0.2, 0) is 10.0 Å². The molecule has 1 N–H and O–H groups in total. The zero-order valence-electron chi connectivity index (χ0n) is 11.4. The van der Waals surface area contributed by atoms with E-state index in [2.05, 4.69) is 6.92 Å². The summed E-state index contributed by atoms with van der Waals surface area (Å²) in [6.07, 6.45) is 1.17. The van der Waals surface area contributed by atoms with Gasteiger partial charge < -0.3 is 5.11 Å². The number of aliphatic hydroxyl groups excluding tert-OH is 1. The number of aliphatic hydroxyl groups is 1. The second-order valence-electron chi connectivity index (χ2n) is 5.34. The molecular weight excluding hydrogens is 262 g/mol. The molecule has 0 saturated carbocycles. The molecule has 0 radical (unpaired) electrons. The maximum atomic E-state index is 12.5. The Labute approximate surface area is 115 Å². The van der Waals surface area contributed by atoms with Gasteiger partial charge in [0, 0.05) is 13.1 Å². The number of hydrogen-bond donors (Lipinski definition) is 1. The number of piperidine rings is 1. The Kier molecular flexibility index (Phi) is 4.28. The van der Waals surface area contributed by atoms with E-state index in [0.717, 1.165) is 12.8 Å². The fraction of sp³-hybridized carbons (Fsp3) is 0.571. The normalized spacial score (nSPS) is 20.4. The molecule has 1 aromatic carbocycles. The van der Waals surface area contributed by atoms with Gasteiger partial charge in [-0.1, -0.05) is 19.1 Å². The average Bonchev–Trinajstić information content (AvgIpc) is 2.39. The highest BCUT2D eigenvalue weighted by Crippen LogP contribution is 2.25. The summed E-state index contributed by atoms with van der Waals surface area (Å²) >= 11 is 0. The van der Waals surface area contributed by atoms with E-state index in [-0.39, 0.29) is 4.90 Å². The zero-order valence-corrected chi connectivity index (χ0v) is 12.2.